The lowest BCUT2D eigenvalue weighted by Gasteiger charge is -2.13. The first-order chi connectivity index (χ1) is 7.47. The van der Waals surface area contributed by atoms with Crippen molar-refractivity contribution in [1.82, 2.24) is 0 Å². The molecule has 0 radical (unpaired) electrons. The minimum Gasteiger partial charge on any atom is -0.486 e. The summed E-state index contributed by atoms with van der Waals surface area (Å²) in [6.45, 7) is 3.48. The molecule has 1 N–H and O–H groups in total. The Balaban J connectivity index is 3.27. The molecule has 1 aromatic rings. The van der Waals surface area contributed by atoms with E-state index in [-0.39, 0.29) is 27.6 Å². The van der Waals surface area contributed by atoms with Gasteiger partial charge in [-0.25, -0.2) is 4.39 Å². The molecule has 1 aromatic carbocycles. The number of hydrogen-bond donors (Lipinski definition) is 1. The van der Waals surface area contributed by atoms with Gasteiger partial charge in [0.2, 0.25) is 0 Å². The topological polar surface area (TPSA) is 41.8 Å². The first kappa shape index (κ1) is 13.1. The third-order valence-electron chi connectivity index (χ3n) is 1.71. The number of rotatable bonds is 3. The molecule has 0 unspecified atom stereocenters. The average molecular weight is 266 g/mol. The third-order valence-corrected chi connectivity index (χ3v) is 2.29. The molecule has 3 nitrogen and oxygen atoms in total. The quantitative estimate of drug-likeness (QED) is 0.515. The SMILES string of the molecule is CC(C)Oc1c(Cl)ccc(C(Cl)=NO)c1F. The van der Waals surface area contributed by atoms with Crippen molar-refractivity contribution in [3.63, 3.8) is 0 Å². The van der Waals surface area contributed by atoms with Crippen LogP contribution in [-0.2, 0) is 0 Å². The molecule has 88 valence electrons. The van der Waals surface area contributed by atoms with Crippen LogP contribution in [-0.4, -0.2) is 16.5 Å². The molecular weight excluding hydrogens is 256 g/mol. The highest BCUT2D eigenvalue weighted by atomic mass is 35.5. The highest BCUT2D eigenvalue weighted by Gasteiger charge is 2.17. The van der Waals surface area contributed by atoms with E-state index in [0.717, 1.165) is 0 Å². The molecule has 0 saturated heterocycles. The van der Waals surface area contributed by atoms with E-state index in [0.29, 0.717) is 0 Å². The van der Waals surface area contributed by atoms with Crippen molar-refractivity contribution in [2.24, 2.45) is 5.16 Å². The van der Waals surface area contributed by atoms with Gasteiger partial charge in [-0.2, -0.15) is 0 Å². The van der Waals surface area contributed by atoms with Gasteiger partial charge >= 0.3 is 0 Å². The van der Waals surface area contributed by atoms with Crippen LogP contribution in [0.5, 0.6) is 5.75 Å². The molecule has 0 saturated carbocycles. The van der Waals surface area contributed by atoms with Crippen molar-refractivity contribution in [3.05, 3.63) is 28.5 Å². The first-order valence-corrected chi connectivity index (χ1v) is 5.25. The van der Waals surface area contributed by atoms with Gasteiger partial charge in [-0.1, -0.05) is 28.4 Å². The fourth-order valence-electron chi connectivity index (χ4n) is 1.09. The van der Waals surface area contributed by atoms with Crippen LogP contribution in [0, 0.1) is 5.82 Å². The van der Waals surface area contributed by atoms with Gasteiger partial charge in [0.25, 0.3) is 0 Å². The number of halogens is 3. The van der Waals surface area contributed by atoms with Gasteiger partial charge in [0.15, 0.2) is 16.7 Å². The van der Waals surface area contributed by atoms with Crippen LogP contribution in [0.1, 0.15) is 19.4 Å². The molecule has 16 heavy (non-hydrogen) atoms. The molecule has 1 rings (SSSR count). The predicted molar refractivity (Wildman–Crippen MR) is 61.4 cm³/mol. The molecule has 6 heteroatoms. The van der Waals surface area contributed by atoms with E-state index >= 15 is 0 Å². The van der Waals surface area contributed by atoms with Gasteiger partial charge in [-0.3, -0.25) is 0 Å². The molecule has 0 aliphatic rings. The Labute approximate surface area is 102 Å². The molecule has 0 heterocycles. The van der Waals surface area contributed by atoms with Crippen molar-refractivity contribution in [1.29, 1.82) is 0 Å². The van der Waals surface area contributed by atoms with Crippen LogP contribution in [0.3, 0.4) is 0 Å². The number of nitrogens with zero attached hydrogens (tertiary/aromatic N) is 1. The molecule has 0 bridgehead atoms. The second kappa shape index (κ2) is 5.37. The van der Waals surface area contributed by atoms with Crippen LogP contribution >= 0.6 is 23.2 Å². The lowest BCUT2D eigenvalue weighted by atomic mass is 10.2. The summed E-state index contributed by atoms with van der Waals surface area (Å²) < 4.78 is 19.1. The lowest BCUT2D eigenvalue weighted by Crippen LogP contribution is -2.09. The molecule has 0 amide bonds. The van der Waals surface area contributed by atoms with Crippen molar-refractivity contribution in [2.45, 2.75) is 20.0 Å². The zero-order valence-corrected chi connectivity index (χ0v) is 10.2. The Morgan fingerprint density at radius 2 is 2.12 bits per heavy atom. The van der Waals surface area contributed by atoms with Crippen LogP contribution in [0.2, 0.25) is 5.02 Å². The smallest absolute Gasteiger partial charge is 0.178 e. The van der Waals surface area contributed by atoms with E-state index in [2.05, 4.69) is 5.16 Å². The minimum absolute atomic E-state index is 0.0655. The van der Waals surface area contributed by atoms with Crippen molar-refractivity contribution >= 4 is 28.4 Å². The number of benzene rings is 1. The van der Waals surface area contributed by atoms with Gasteiger partial charge in [0, 0.05) is 0 Å². The highest BCUT2D eigenvalue weighted by Crippen LogP contribution is 2.31. The lowest BCUT2D eigenvalue weighted by molar-refractivity contribution is 0.231. The summed E-state index contributed by atoms with van der Waals surface area (Å²) in [5.74, 6) is -0.847. The van der Waals surface area contributed by atoms with Gasteiger partial charge in [0.1, 0.15) is 0 Å². The van der Waals surface area contributed by atoms with Crippen molar-refractivity contribution < 1.29 is 14.3 Å². The van der Waals surface area contributed by atoms with E-state index in [1.54, 1.807) is 13.8 Å². The maximum absolute atomic E-state index is 13.8. The van der Waals surface area contributed by atoms with E-state index < -0.39 is 5.82 Å². The van der Waals surface area contributed by atoms with Crippen LogP contribution < -0.4 is 4.74 Å². The maximum Gasteiger partial charge on any atom is 0.178 e. The maximum atomic E-state index is 13.8. The number of ether oxygens (including phenoxy) is 1. The summed E-state index contributed by atoms with van der Waals surface area (Å²) in [7, 11) is 0. The fraction of sp³-hybridized carbons (Fsp3) is 0.300. The van der Waals surface area contributed by atoms with Crippen molar-refractivity contribution in [2.75, 3.05) is 0 Å². The van der Waals surface area contributed by atoms with E-state index in [1.165, 1.54) is 12.1 Å². The summed E-state index contributed by atoms with van der Waals surface area (Å²) in [5.41, 5.74) is -0.0655. The fourth-order valence-corrected chi connectivity index (χ4v) is 1.43. The zero-order chi connectivity index (χ0) is 12.3. The Morgan fingerprint density at radius 1 is 1.50 bits per heavy atom. The summed E-state index contributed by atoms with van der Waals surface area (Å²) >= 11 is 11.3. The molecule has 0 atom stereocenters. The van der Waals surface area contributed by atoms with E-state index in [1.807, 2.05) is 0 Å². The molecule has 0 aromatic heterocycles. The van der Waals surface area contributed by atoms with Gasteiger partial charge in [-0.15, -0.1) is 0 Å². The largest absolute Gasteiger partial charge is 0.486 e. The molecule has 0 spiro atoms. The Morgan fingerprint density at radius 3 is 2.62 bits per heavy atom. The standard InChI is InChI=1S/C10H10Cl2FNO2/c1-5(2)16-9-7(11)4-3-6(8(9)13)10(12)14-15/h3-5,15H,1-2H3. The number of hydrogen-bond acceptors (Lipinski definition) is 3. The van der Waals surface area contributed by atoms with E-state index in [4.69, 9.17) is 33.1 Å². The Kier molecular flexibility index (Phi) is 4.38. The molecule has 0 aliphatic heterocycles. The van der Waals surface area contributed by atoms with E-state index in [9.17, 15) is 4.39 Å². The Bertz CT molecular complexity index is 422. The second-order valence-electron chi connectivity index (χ2n) is 3.30. The van der Waals surface area contributed by atoms with Gasteiger partial charge < -0.3 is 9.94 Å². The first-order valence-electron chi connectivity index (χ1n) is 4.50. The normalized spacial score (nSPS) is 12.0. The predicted octanol–water partition coefficient (Wildman–Crippen LogP) is 3.64. The third kappa shape index (κ3) is 2.77. The second-order valence-corrected chi connectivity index (χ2v) is 4.06. The minimum atomic E-state index is -0.746. The van der Waals surface area contributed by atoms with Gasteiger partial charge in [-0.05, 0) is 26.0 Å². The monoisotopic (exact) mass is 265 g/mol. The number of oxime groups is 1. The highest BCUT2D eigenvalue weighted by molar-refractivity contribution is 6.69. The summed E-state index contributed by atoms with van der Waals surface area (Å²) in [5, 5.41) is 11.0. The molecular formula is C10H10Cl2FNO2. The average Bonchev–Trinajstić information content (AvgIpc) is 2.23. The van der Waals surface area contributed by atoms with Crippen LogP contribution in [0.25, 0.3) is 0 Å². The zero-order valence-electron chi connectivity index (χ0n) is 8.67. The summed E-state index contributed by atoms with van der Waals surface area (Å²) in [4.78, 5) is 0. The Hall–Kier alpha value is -1.00. The van der Waals surface area contributed by atoms with Crippen molar-refractivity contribution in [3.8, 4) is 5.75 Å². The van der Waals surface area contributed by atoms with Crippen LogP contribution in [0.4, 0.5) is 4.39 Å². The van der Waals surface area contributed by atoms with Gasteiger partial charge in [0.05, 0.1) is 16.7 Å². The molecule has 0 aliphatic carbocycles. The molecule has 0 fully saturated rings. The summed E-state index contributed by atoms with van der Waals surface area (Å²) in [6, 6.07) is 2.73. The summed E-state index contributed by atoms with van der Waals surface area (Å²) in [6.07, 6.45) is -0.230. The van der Waals surface area contributed by atoms with Crippen LogP contribution in [0.15, 0.2) is 17.3 Å².